The van der Waals surface area contributed by atoms with E-state index in [1.807, 2.05) is 48.4 Å². The lowest BCUT2D eigenvalue weighted by Crippen LogP contribution is -2.30. The number of aromatic amines is 2. The molecule has 5 heteroatoms. The molecule has 4 rings (SSSR count). The van der Waals surface area contributed by atoms with Gasteiger partial charge in [-0.05, 0) is 42.1 Å². The number of nitrogens with zero attached hydrogens (tertiary/aromatic N) is 2. The third-order valence-electron chi connectivity index (χ3n) is 4.73. The Kier molecular flexibility index (Phi) is 3.94. The molecule has 0 aliphatic carbocycles. The van der Waals surface area contributed by atoms with Crippen LogP contribution in [0.4, 0.5) is 0 Å². The van der Waals surface area contributed by atoms with Crippen molar-refractivity contribution in [3.8, 4) is 6.07 Å². The molecule has 5 nitrogen and oxygen atoms in total. The number of aromatic nitrogens is 2. The van der Waals surface area contributed by atoms with Gasteiger partial charge in [0.05, 0.1) is 16.6 Å². The molecule has 2 N–H and O–H groups in total. The van der Waals surface area contributed by atoms with Crippen LogP contribution in [0, 0.1) is 11.3 Å². The summed E-state index contributed by atoms with van der Waals surface area (Å²) in [5.74, 6) is -0.0430. The van der Waals surface area contributed by atoms with Gasteiger partial charge in [-0.15, -0.1) is 0 Å². The predicted molar refractivity (Wildman–Crippen MR) is 102 cm³/mol. The molecule has 0 aliphatic heterocycles. The number of amides is 1. The first-order valence-electron chi connectivity index (χ1n) is 8.56. The zero-order chi connectivity index (χ0) is 18.1. The highest BCUT2D eigenvalue weighted by Gasteiger charge is 2.19. The normalized spacial score (nSPS) is 10.9. The second kappa shape index (κ2) is 6.41. The van der Waals surface area contributed by atoms with Gasteiger partial charge in [0.2, 0.25) is 0 Å². The Morgan fingerprint density at radius 3 is 2.88 bits per heavy atom. The van der Waals surface area contributed by atoms with Gasteiger partial charge < -0.3 is 14.9 Å². The van der Waals surface area contributed by atoms with Crippen LogP contribution in [-0.2, 0) is 6.54 Å². The predicted octanol–water partition coefficient (Wildman–Crippen LogP) is 4.18. The lowest BCUT2D eigenvalue weighted by molar-refractivity contribution is 0.0754. The number of fused-ring (bicyclic) bond motifs is 2. The van der Waals surface area contributed by atoms with E-state index in [2.05, 4.69) is 22.1 Å². The van der Waals surface area contributed by atoms with Gasteiger partial charge in [0.15, 0.2) is 0 Å². The third kappa shape index (κ3) is 2.62. The van der Waals surface area contributed by atoms with Crippen molar-refractivity contribution in [3.63, 3.8) is 0 Å². The number of nitrogens with one attached hydrogen (secondary N) is 2. The third-order valence-corrected chi connectivity index (χ3v) is 4.73. The van der Waals surface area contributed by atoms with Crippen LogP contribution in [0.2, 0.25) is 0 Å². The average molecular weight is 342 g/mol. The van der Waals surface area contributed by atoms with Crippen molar-refractivity contribution < 1.29 is 4.79 Å². The summed E-state index contributed by atoms with van der Waals surface area (Å²) in [6.45, 7) is 3.12. The zero-order valence-corrected chi connectivity index (χ0v) is 14.4. The Bertz CT molecular complexity index is 1150. The second-order valence-corrected chi connectivity index (χ2v) is 6.26. The van der Waals surface area contributed by atoms with Crippen molar-refractivity contribution in [1.29, 1.82) is 5.26 Å². The first kappa shape index (κ1) is 16.0. The molecule has 26 heavy (non-hydrogen) atoms. The van der Waals surface area contributed by atoms with Gasteiger partial charge in [-0.1, -0.05) is 18.2 Å². The molecule has 4 aromatic rings. The van der Waals surface area contributed by atoms with Crippen molar-refractivity contribution in [3.05, 3.63) is 71.5 Å². The van der Waals surface area contributed by atoms with E-state index in [4.69, 9.17) is 0 Å². The van der Waals surface area contributed by atoms with Gasteiger partial charge in [0.1, 0.15) is 6.07 Å². The molecule has 0 radical (unpaired) electrons. The molecular formula is C21H18N4O. The smallest absolute Gasteiger partial charge is 0.256 e. The van der Waals surface area contributed by atoms with Crippen molar-refractivity contribution in [2.24, 2.45) is 0 Å². The lowest BCUT2D eigenvalue weighted by Gasteiger charge is -2.21. The summed E-state index contributed by atoms with van der Waals surface area (Å²) in [7, 11) is 0. The SMILES string of the molecule is CCN(Cc1ccc2[nH]ccc2c1)C(=O)c1cccc2c(C#N)c[nH]c12. The van der Waals surface area contributed by atoms with E-state index in [1.54, 1.807) is 12.3 Å². The minimum absolute atomic E-state index is 0.0430. The van der Waals surface area contributed by atoms with Gasteiger partial charge in [-0.3, -0.25) is 4.79 Å². The van der Waals surface area contributed by atoms with E-state index in [1.165, 1.54) is 0 Å². The van der Waals surface area contributed by atoms with Crippen molar-refractivity contribution >= 4 is 27.7 Å². The fraction of sp³-hybridized carbons (Fsp3) is 0.143. The highest BCUT2D eigenvalue weighted by Crippen LogP contribution is 2.23. The van der Waals surface area contributed by atoms with Crippen LogP contribution in [0.25, 0.3) is 21.8 Å². The Labute approximate surface area is 150 Å². The van der Waals surface area contributed by atoms with Crippen LogP contribution in [-0.4, -0.2) is 27.3 Å². The molecule has 1 amide bonds. The number of hydrogen-bond donors (Lipinski definition) is 2. The van der Waals surface area contributed by atoms with Crippen LogP contribution in [0.3, 0.4) is 0 Å². The second-order valence-electron chi connectivity index (χ2n) is 6.26. The summed E-state index contributed by atoms with van der Waals surface area (Å²) < 4.78 is 0. The maximum atomic E-state index is 13.1. The van der Waals surface area contributed by atoms with Crippen molar-refractivity contribution in [2.75, 3.05) is 6.54 Å². The first-order chi connectivity index (χ1) is 12.7. The van der Waals surface area contributed by atoms with E-state index in [0.717, 1.165) is 21.9 Å². The quantitative estimate of drug-likeness (QED) is 0.583. The van der Waals surface area contributed by atoms with Gasteiger partial charge in [0.25, 0.3) is 5.91 Å². The molecule has 2 heterocycles. The first-order valence-corrected chi connectivity index (χ1v) is 8.56. The van der Waals surface area contributed by atoms with Crippen LogP contribution >= 0.6 is 0 Å². The summed E-state index contributed by atoms with van der Waals surface area (Å²) in [6.07, 6.45) is 3.56. The summed E-state index contributed by atoms with van der Waals surface area (Å²) in [6, 6.07) is 15.8. The Morgan fingerprint density at radius 2 is 2.08 bits per heavy atom. The van der Waals surface area contributed by atoms with E-state index in [0.29, 0.717) is 29.7 Å². The highest BCUT2D eigenvalue weighted by molar-refractivity contribution is 6.06. The number of hydrogen-bond acceptors (Lipinski definition) is 2. The number of nitriles is 1. The number of para-hydroxylation sites is 1. The largest absolute Gasteiger partial charge is 0.361 e. The fourth-order valence-electron chi connectivity index (χ4n) is 3.34. The van der Waals surface area contributed by atoms with Gasteiger partial charge in [0, 0.05) is 36.4 Å². The van der Waals surface area contributed by atoms with Crippen LogP contribution in [0.1, 0.15) is 28.4 Å². The molecule has 0 bridgehead atoms. The molecule has 2 aromatic carbocycles. The van der Waals surface area contributed by atoms with Gasteiger partial charge in [-0.25, -0.2) is 0 Å². The molecule has 0 unspecified atom stereocenters. The van der Waals surface area contributed by atoms with Gasteiger partial charge >= 0.3 is 0 Å². The molecule has 0 fully saturated rings. The topological polar surface area (TPSA) is 75.7 Å². The van der Waals surface area contributed by atoms with Crippen LogP contribution in [0.5, 0.6) is 0 Å². The lowest BCUT2D eigenvalue weighted by atomic mass is 10.1. The number of H-pyrrole nitrogens is 2. The number of benzene rings is 2. The minimum Gasteiger partial charge on any atom is -0.361 e. The van der Waals surface area contributed by atoms with Crippen LogP contribution < -0.4 is 0 Å². The zero-order valence-electron chi connectivity index (χ0n) is 14.4. The Morgan fingerprint density at radius 1 is 1.19 bits per heavy atom. The van der Waals surface area contributed by atoms with E-state index in [9.17, 15) is 10.1 Å². The van der Waals surface area contributed by atoms with Crippen molar-refractivity contribution in [1.82, 2.24) is 14.9 Å². The van der Waals surface area contributed by atoms with E-state index in [-0.39, 0.29) is 5.91 Å². The molecule has 0 atom stereocenters. The van der Waals surface area contributed by atoms with Crippen molar-refractivity contribution in [2.45, 2.75) is 13.5 Å². The fourth-order valence-corrected chi connectivity index (χ4v) is 3.34. The molecular weight excluding hydrogens is 324 g/mol. The number of carbonyl (C=O) groups is 1. The minimum atomic E-state index is -0.0430. The molecule has 0 saturated heterocycles. The Hall–Kier alpha value is -3.52. The number of rotatable bonds is 4. The standard InChI is InChI=1S/C21H18N4O/c1-2-25(13-14-6-7-19-15(10-14)8-9-23-19)21(26)18-5-3-4-17-16(11-22)12-24-20(17)18/h3-10,12,23-24H,2,13H2,1H3. The summed E-state index contributed by atoms with van der Waals surface area (Å²) >= 11 is 0. The monoisotopic (exact) mass is 342 g/mol. The summed E-state index contributed by atoms with van der Waals surface area (Å²) in [4.78, 5) is 21.2. The van der Waals surface area contributed by atoms with E-state index < -0.39 is 0 Å². The Balaban J connectivity index is 1.67. The van der Waals surface area contributed by atoms with Gasteiger partial charge in [-0.2, -0.15) is 5.26 Å². The maximum Gasteiger partial charge on any atom is 0.256 e. The molecule has 2 aromatic heterocycles. The average Bonchev–Trinajstić information content (AvgIpc) is 3.31. The molecule has 0 aliphatic rings. The number of carbonyl (C=O) groups excluding carboxylic acids is 1. The van der Waals surface area contributed by atoms with E-state index >= 15 is 0 Å². The van der Waals surface area contributed by atoms with Crippen LogP contribution in [0.15, 0.2) is 54.9 Å². The molecule has 0 spiro atoms. The summed E-state index contributed by atoms with van der Waals surface area (Å²) in [5, 5.41) is 11.1. The maximum absolute atomic E-state index is 13.1. The molecule has 0 saturated carbocycles. The molecule has 128 valence electrons. The highest BCUT2D eigenvalue weighted by atomic mass is 16.2. The summed E-state index contributed by atoms with van der Waals surface area (Å²) in [5.41, 5.74) is 4.03.